The van der Waals surface area contributed by atoms with Gasteiger partial charge >= 0.3 is 0 Å². The summed E-state index contributed by atoms with van der Waals surface area (Å²) in [6, 6.07) is 11.0. The quantitative estimate of drug-likeness (QED) is 0.650. The highest BCUT2D eigenvalue weighted by atomic mass is 35.5. The standard InChI is InChI=1S/C22H18Cl2FN3O4/c23-14-3-1-13(2-4-14)7-15-8-20(28-27-15)22-31-10-16(11-32-22)26-21(29)12-30-17-5-6-18(24)19(25)9-17/h1-9,16,22H,10-12H2,(H,26,29)/b15-7-. The number of nitrogens with one attached hydrogen (secondary N) is 1. The Morgan fingerprint density at radius 1 is 1.16 bits per heavy atom. The van der Waals surface area contributed by atoms with E-state index in [0.29, 0.717) is 16.4 Å². The van der Waals surface area contributed by atoms with Crippen molar-refractivity contribution in [2.75, 3.05) is 19.8 Å². The number of hydrogen-bond donors (Lipinski definition) is 1. The maximum Gasteiger partial charge on any atom is 0.258 e. The number of allylic oxidation sites excluding steroid dienone is 1. The number of azo groups is 1. The van der Waals surface area contributed by atoms with E-state index in [2.05, 4.69) is 15.5 Å². The lowest BCUT2D eigenvalue weighted by atomic mass is 10.2. The Balaban J connectivity index is 1.23. The van der Waals surface area contributed by atoms with Gasteiger partial charge in [-0.2, -0.15) is 5.11 Å². The molecule has 1 saturated heterocycles. The minimum Gasteiger partial charge on any atom is -0.484 e. The van der Waals surface area contributed by atoms with Crippen molar-refractivity contribution in [2.45, 2.75) is 12.3 Å². The highest BCUT2D eigenvalue weighted by Gasteiger charge is 2.28. The number of nitrogens with zero attached hydrogens (tertiary/aromatic N) is 2. The summed E-state index contributed by atoms with van der Waals surface area (Å²) in [7, 11) is 0. The molecular formula is C22H18Cl2FN3O4. The molecule has 7 nitrogen and oxygen atoms in total. The van der Waals surface area contributed by atoms with Crippen molar-refractivity contribution in [3.63, 3.8) is 0 Å². The summed E-state index contributed by atoms with van der Waals surface area (Å²) in [5.74, 6) is -0.794. The monoisotopic (exact) mass is 477 g/mol. The zero-order valence-corrected chi connectivity index (χ0v) is 18.1. The van der Waals surface area contributed by atoms with Crippen LogP contribution in [-0.4, -0.2) is 38.1 Å². The molecule has 2 heterocycles. The van der Waals surface area contributed by atoms with E-state index in [-0.39, 0.29) is 42.5 Å². The van der Waals surface area contributed by atoms with Gasteiger partial charge in [0.15, 0.2) is 6.61 Å². The summed E-state index contributed by atoms with van der Waals surface area (Å²) in [6.07, 6.45) is 2.97. The highest BCUT2D eigenvalue weighted by Crippen LogP contribution is 2.25. The Hall–Kier alpha value is -2.78. The van der Waals surface area contributed by atoms with E-state index in [1.165, 1.54) is 12.1 Å². The summed E-state index contributed by atoms with van der Waals surface area (Å²) in [5, 5.41) is 11.6. The van der Waals surface area contributed by atoms with Gasteiger partial charge in [0.05, 0.1) is 30.0 Å². The smallest absolute Gasteiger partial charge is 0.258 e. The number of carbonyl (C=O) groups is 1. The summed E-state index contributed by atoms with van der Waals surface area (Å²) in [4.78, 5) is 12.1. The van der Waals surface area contributed by atoms with Gasteiger partial charge in [-0.25, -0.2) is 4.39 Å². The molecule has 0 spiro atoms. The Labute approximate surface area is 193 Å². The molecule has 10 heteroatoms. The number of rotatable bonds is 6. The molecule has 0 aromatic heterocycles. The summed E-state index contributed by atoms with van der Waals surface area (Å²) < 4.78 is 30.0. The first kappa shape index (κ1) is 22.4. The highest BCUT2D eigenvalue weighted by molar-refractivity contribution is 6.31. The summed E-state index contributed by atoms with van der Waals surface area (Å²) >= 11 is 11.5. The molecule has 0 bridgehead atoms. The SMILES string of the molecule is O=C(COc1ccc(Cl)c(F)c1)NC1COC(C2=C/C(=C/c3ccc(Cl)cc3)N=N2)OC1. The van der Waals surface area contributed by atoms with E-state index >= 15 is 0 Å². The van der Waals surface area contributed by atoms with Gasteiger partial charge in [0.25, 0.3) is 5.91 Å². The Kier molecular flexibility index (Phi) is 7.16. The molecule has 0 aliphatic carbocycles. The predicted octanol–water partition coefficient (Wildman–Crippen LogP) is 4.76. The Morgan fingerprint density at radius 2 is 1.91 bits per heavy atom. The molecule has 4 rings (SSSR count). The number of benzene rings is 2. The second-order valence-electron chi connectivity index (χ2n) is 7.02. The van der Waals surface area contributed by atoms with Crippen LogP contribution in [0.1, 0.15) is 5.56 Å². The van der Waals surface area contributed by atoms with Gasteiger partial charge in [-0.3, -0.25) is 4.79 Å². The van der Waals surface area contributed by atoms with Crippen molar-refractivity contribution < 1.29 is 23.4 Å². The second kappa shape index (κ2) is 10.2. The van der Waals surface area contributed by atoms with Crippen molar-refractivity contribution in [1.82, 2.24) is 5.32 Å². The molecule has 1 amide bonds. The molecule has 0 unspecified atom stereocenters. The molecule has 0 radical (unpaired) electrons. The summed E-state index contributed by atoms with van der Waals surface area (Å²) in [5.41, 5.74) is 2.15. The molecule has 2 aliphatic rings. The lowest BCUT2D eigenvalue weighted by Crippen LogP contribution is -2.48. The van der Waals surface area contributed by atoms with Crippen molar-refractivity contribution in [3.05, 3.63) is 81.4 Å². The van der Waals surface area contributed by atoms with Crippen LogP contribution in [0.15, 0.2) is 70.2 Å². The van der Waals surface area contributed by atoms with E-state index in [1.54, 1.807) is 18.2 Å². The minimum absolute atomic E-state index is 0.0163. The first-order valence-corrected chi connectivity index (χ1v) is 10.4. The number of ether oxygens (including phenoxy) is 3. The molecule has 1 fully saturated rings. The number of amides is 1. The van der Waals surface area contributed by atoms with Gasteiger partial charge < -0.3 is 19.5 Å². The van der Waals surface area contributed by atoms with E-state index < -0.39 is 12.1 Å². The van der Waals surface area contributed by atoms with Crippen molar-refractivity contribution in [3.8, 4) is 5.75 Å². The van der Waals surface area contributed by atoms with Gasteiger partial charge in [0.1, 0.15) is 17.3 Å². The van der Waals surface area contributed by atoms with E-state index in [0.717, 1.165) is 11.6 Å². The van der Waals surface area contributed by atoms with Gasteiger partial charge in [-0.1, -0.05) is 35.3 Å². The van der Waals surface area contributed by atoms with E-state index in [9.17, 15) is 9.18 Å². The topological polar surface area (TPSA) is 81.5 Å². The lowest BCUT2D eigenvalue weighted by molar-refractivity contribution is -0.171. The molecule has 166 valence electrons. The third-order valence-electron chi connectivity index (χ3n) is 4.53. The van der Waals surface area contributed by atoms with Crippen LogP contribution in [0, 0.1) is 5.82 Å². The van der Waals surface area contributed by atoms with Crippen molar-refractivity contribution >= 4 is 35.2 Å². The molecule has 2 aliphatic heterocycles. The molecule has 2 aromatic rings. The number of halogens is 3. The fourth-order valence-electron chi connectivity index (χ4n) is 2.98. The zero-order chi connectivity index (χ0) is 22.5. The van der Waals surface area contributed by atoms with E-state index in [4.69, 9.17) is 37.4 Å². The van der Waals surface area contributed by atoms with Gasteiger partial charge in [-0.05, 0) is 42.0 Å². The zero-order valence-electron chi connectivity index (χ0n) is 16.6. The average molecular weight is 478 g/mol. The predicted molar refractivity (Wildman–Crippen MR) is 117 cm³/mol. The fraction of sp³-hybridized carbons (Fsp3) is 0.227. The minimum atomic E-state index is -0.670. The van der Waals surface area contributed by atoms with Crippen LogP contribution in [0.3, 0.4) is 0 Å². The Morgan fingerprint density at radius 3 is 2.62 bits per heavy atom. The maximum atomic E-state index is 13.4. The first-order valence-electron chi connectivity index (χ1n) is 9.67. The normalized spacial score (nSPS) is 21.5. The van der Waals surface area contributed by atoms with Crippen LogP contribution in [0.25, 0.3) is 6.08 Å². The van der Waals surface area contributed by atoms with Crippen LogP contribution in [-0.2, 0) is 14.3 Å². The van der Waals surface area contributed by atoms with Crippen LogP contribution < -0.4 is 10.1 Å². The molecular weight excluding hydrogens is 460 g/mol. The number of carbonyl (C=O) groups excluding carboxylic acids is 1. The maximum absolute atomic E-state index is 13.4. The van der Waals surface area contributed by atoms with Crippen molar-refractivity contribution in [1.29, 1.82) is 0 Å². The largest absolute Gasteiger partial charge is 0.484 e. The first-order chi connectivity index (χ1) is 15.5. The molecule has 2 aromatic carbocycles. The van der Waals surface area contributed by atoms with Gasteiger partial charge in [-0.15, -0.1) is 5.11 Å². The average Bonchev–Trinajstić information content (AvgIpc) is 3.25. The van der Waals surface area contributed by atoms with Gasteiger partial charge in [0, 0.05) is 11.1 Å². The fourth-order valence-corrected chi connectivity index (χ4v) is 3.23. The lowest BCUT2D eigenvalue weighted by Gasteiger charge is -2.29. The van der Waals surface area contributed by atoms with Crippen LogP contribution >= 0.6 is 23.2 Å². The van der Waals surface area contributed by atoms with Crippen LogP contribution in [0.5, 0.6) is 5.75 Å². The van der Waals surface area contributed by atoms with E-state index in [1.807, 2.05) is 18.2 Å². The second-order valence-corrected chi connectivity index (χ2v) is 7.86. The third kappa shape index (κ3) is 5.92. The van der Waals surface area contributed by atoms with Crippen LogP contribution in [0.4, 0.5) is 4.39 Å². The van der Waals surface area contributed by atoms with Crippen LogP contribution in [0.2, 0.25) is 10.0 Å². The molecule has 32 heavy (non-hydrogen) atoms. The van der Waals surface area contributed by atoms with Crippen molar-refractivity contribution in [2.24, 2.45) is 10.2 Å². The Bertz CT molecular complexity index is 1080. The van der Waals surface area contributed by atoms with Gasteiger partial charge in [0.2, 0.25) is 6.29 Å². The molecule has 0 atom stereocenters. The molecule has 1 N–H and O–H groups in total. The third-order valence-corrected chi connectivity index (χ3v) is 5.08. The summed E-state index contributed by atoms with van der Waals surface area (Å²) in [6.45, 7) is 0.184. The number of hydrogen-bond acceptors (Lipinski definition) is 6. The molecule has 0 saturated carbocycles.